The fraction of sp³-hybridized carbons (Fsp3) is 0.474. The third-order valence-corrected chi connectivity index (χ3v) is 4.74. The number of rotatable bonds is 4. The van der Waals surface area contributed by atoms with Crippen molar-refractivity contribution < 1.29 is 14.7 Å². The molecule has 1 aliphatic heterocycles. The SMILES string of the molecule is CC(C)=CCC(=O)N[C@@H]1CCN(C(=O)c2c[nH]n3c(=O)ccnc23)C[C@H](O)C1. The highest BCUT2D eigenvalue weighted by Gasteiger charge is 2.28. The van der Waals surface area contributed by atoms with Crippen LogP contribution >= 0.6 is 0 Å². The number of aliphatic hydroxyl groups is 1. The average Bonchev–Trinajstić information content (AvgIpc) is 2.99. The Morgan fingerprint density at radius 2 is 2.21 bits per heavy atom. The number of amides is 2. The number of hydrogen-bond donors (Lipinski definition) is 3. The first-order chi connectivity index (χ1) is 13.3. The Morgan fingerprint density at radius 1 is 1.43 bits per heavy atom. The Labute approximate surface area is 162 Å². The number of fused-ring (bicyclic) bond motifs is 1. The van der Waals surface area contributed by atoms with Crippen molar-refractivity contribution in [2.45, 2.75) is 45.3 Å². The monoisotopic (exact) mass is 387 g/mol. The van der Waals surface area contributed by atoms with Crippen LogP contribution in [0.15, 0.2) is 34.9 Å². The number of carbonyl (C=O) groups excluding carboxylic acids is 2. The summed E-state index contributed by atoms with van der Waals surface area (Å²) < 4.78 is 1.20. The molecule has 1 aliphatic rings. The minimum Gasteiger partial charge on any atom is -0.391 e. The number of likely N-dealkylation sites (tertiary alicyclic amines) is 1. The molecule has 0 bridgehead atoms. The standard InChI is InChI=1S/C19H25N5O4/c1-12(2)3-4-16(26)22-13-6-8-23(11-14(25)9-13)19(28)15-10-21-24-17(27)5-7-20-18(15)24/h3,5,7,10,13-14,21,25H,4,6,8-9,11H2,1-2H3,(H,22,26)/t13-,14-/m1/s1. The molecule has 1 saturated heterocycles. The lowest BCUT2D eigenvalue weighted by molar-refractivity contribution is -0.121. The third-order valence-electron chi connectivity index (χ3n) is 4.74. The highest BCUT2D eigenvalue weighted by Crippen LogP contribution is 2.16. The van der Waals surface area contributed by atoms with Gasteiger partial charge in [-0.1, -0.05) is 11.6 Å². The van der Waals surface area contributed by atoms with Crippen LogP contribution in [0, 0.1) is 0 Å². The molecule has 3 rings (SSSR count). The summed E-state index contributed by atoms with van der Waals surface area (Å²) in [6.07, 6.45) is 5.13. The van der Waals surface area contributed by atoms with Crippen molar-refractivity contribution in [3.05, 3.63) is 46.0 Å². The molecule has 0 aliphatic carbocycles. The van der Waals surface area contributed by atoms with Crippen LogP contribution in [0.4, 0.5) is 0 Å². The summed E-state index contributed by atoms with van der Waals surface area (Å²) in [4.78, 5) is 42.5. The van der Waals surface area contributed by atoms with Gasteiger partial charge in [-0.15, -0.1) is 0 Å². The second kappa shape index (κ2) is 8.39. The zero-order chi connectivity index (χ0) is 20.3. The molecular weight excluding hydrogens is 362 g/mol. The van der Waals surface area contributed by atoms with E-state index in [0.717, 1.165) is 5.57 Å². The molecular formula is C19H25N5O4. The number of aliphatic hydroxyl groups excluding tert-OH is 1. The number of nitrogens with zero attached hydrogens (tertiary/aromatic N) is 3. The summed E-state index contributed by atoms with van der Waals surface area (Å²) in [5, 5.41) is 16.0. The van der Waals surface area contributed by atoms with Gasteiger partial charge < -0.3 is 15.3 Å². The van der Waals surface area contributed by atoms with Crippen LogP contribution in [0.5, 0.6) is 0 Å². The van der Waals surface area contributed by atoms with E-state index in [1.807, 2.05) is 19.9 Å². The van der Waals surface area contributed by atoms with Crippen molar-refractivity contribution in [3.63, 3.8) is 0 Å². The molecule has 0 aromatic carbocycles. The van der Waals surface area contributed by atoms with Crippen molar-refractivity contribution in [2.24, 2.45) is 0 Å². The van der Waals surface area contributed by atoms with E-state index in [4.69, 9.17) is 0 Å². The minimum absolute atomic E-state index is 0.0987. The number of aromatic amines is 1. The average molecular weight is 387 g/mol. The Kier molecular flexibility index (Phi) is 5.93. The quantitative estimate of drug-likeness (QED) is 0.659. The number of allylic oxidation sites excluding steroid dienone is 1. The third kappa shape index (κ3) is 4.48. The zero-order valence-electron chi connectivity index (χ0n) is 16.0. The summed E-state index contributed by atoms with van der Waals surface area (Å²) in [7, 11) is 0. The topological polar surface area (TPSA) is 120 Å². The predicted molar refractivity (Wildman–Crippen MR) is 103 cm³/mol. The first-order valence-electron chi connectivity index (χ1n) is 9.30. The van der Waals surface area contributed by atoms with Crippen LogP contribution < -0.4 is 10.9 Å². The Hall–Kier alpha value is -2.94. The number of β-amino-alcohol motifs (C(OH)–C–C–N with tert-alkyl or cyclic N) is 1. The number of nitrogens with one attached hydrogen (secondary N) is 2. The molecule has 2 atom stereocenters. The van der Waals surface area contributed by atoms with E-state index in [-0.39, 0.29) is 41.2 Å². The van der Waals surface area contributed by atoms with Gasteiger partial charge in [-0.3, -0.25) is 19.5 Å². The summed E-state index contributed by atoms with van der Waals surface area (Å²) in [5.41, 5.74) is 1.29. The van der Waals surface area contributed by atoms with Crippen LogP contribution in [0.3, 0.4) is 0 Å². The van der Waals surface area contributed by atoms with Crippen LogP contribution in [0.2, 0.25) is 0 Å². The van der Waals surface area contributed by atoms with Gasteiger partial charge in [0.1, 0.15) is 5.56 Å². The Morgan fingerprint density at radius 3 is 2.96 bits per heavy atom. The molecule has 3 heterocycles. The van der Waals surface area contributed by atoms with Crippen LogP contribution in [-0.4, -0.2) is 61.7 Å². The van der Waals surface area contributed by atoms with E-state index >= 15 is 0 Å². The first kappa shape index (κ1) is 19.8. The fourth-order valence-corrected chi connectivity index (χ4v) is 3.32. The zero-order valence-corrected chi connectivity index (χ0v) is 16.0. The molecule has 2 amide bonds. The molecule has 28 heavy (non-hydrogen) atoms. The lowest BCUT2D eigenvalue weighted by Gasteiger charge is -2.21. The lowest BCUT2D eigenvalue weighted by atomic mass is 10.1. The largest absolute Gasteiger partial charge is 0.391 e. The fourth-order valence-electron chi connectivity index (χ4n) is 3.32. The van der Waals surface area contributed by atoms with Gasteiger partial charge in [0.2, 0.25) is 5.91 Å². The van der Waals surface area contributed by atoms with Crippen molar-refractivity contribution in [3.8, 4) is 0 Å². The molecule has 1 fully saturated rings. The van der Waals surface area contributed by atoms with Gasteiger partial charge in [-0.2, -0.15) is 0 Å². The van der Waals surface area contributed by atoms with Gasteiger partial charge in [0.15, 0.2) is 5.65 Å². The summed E-state index contributed by atoms with van der Waals surface area (Å²) in [6, 6.07) is 1.10. The summed E-state index contributed by atoms with van der Waals surface area (Å²) >= 11 is 0. The number of carbonyl (C=O) groups is 2. The number of H-pyrrole nitrogens is 1. The minimum atomic E-state index is -0.749. The normalized spacial score (nSPS) is 19.9. The van der Waals surface area contributed by atoms with Crippen molar-refractivity contribution >= 4 is 17.5 Å². The first-order valence-corrected chi connectivity index (χ1v) is 9.30. The van der Waals surface area contributed by atoms with Gasteiger partial charge in [-0.05, 0) is 26.7 Å². The van der Waals surface area contributed by atoms with Gasteiger partial charge in [0.05, 0.1) is 6.10 Å². The van der Waals surface area contributed by atoms with E-state index in [9.17, 15) is 19.5 Å². The molecule has 2 aromatic rings. The van der Waals surface area contributed by atoms with Gasteiger partial charge >= 0.3 is 0 Å². The number of hydrogen-bond acceptors (Lipinski definition) is 5. The van der Waals surface area contributed by atoms with Gasteiger partial charge in [-0.25, -0.2) is 9.50 Å². The van der Waals surface area contributed by atoms with E-state index in [0.29, 0.717) is 25.8 Å². The molecule has 9 nitrogen and oxygen atoms in total. The van der Waals surface area contributed by atoms with Crippen LogP contribution in [0.1, 0.15) is 43.5 Å². The molecule has 150 valence electrons. The number of aromatic nitrogens is 3. The molecule has 9 heteroatoms. The maximum Gasteiger partial charge on any atom is 0.272 e. The van der Waals surface area contributed by atoms with E-state index in [2.05, 4.69) is 15.4 Å². The summed E-state index contributed by atoms with van der Waals surface area (Å²) in [5.74, 6) is -0.411. The summed E-state index contributed by atoms with van der Waals surface area (Å²) in [6.45, 7) is 4.41. The molecule has 0 unspecified atom stereocenters. The highest BCUT2D eigenvalue weighted by atomic mass is 16.3. The molecule has 0 saturated carbocycles. The van der Waals surface area contributed by atoms with E-state index < -0.39 is 6.10 Å². The maximum atomic E-state index is 12.9. The van der Waals surface area contributed by atoms with Crippen LogP contribution in [-0.2, 0) is 4.79 Å². The molecule has 0 spiro atoms. The van der Waals surface area contributed by atoms with Crippen molar-refractivity contribution in [1.82, 2.24) is 24.8 Å². The predicted octanol–water partition coefficient (Wildman–Crippen LogP) is 0.461. The maximum absolute atomic E-state index is 12.9. The second-order valence-electron chi connectivity index (χ2n) is 7.31. The van der Waals surface area contributed by atoms with Gasteiger partial charge in [0.25, 0.3) is 11.5 Å². The molecule has 3 N–H and O–H groups in total. The lowest BCUT2D eigenvalue weighted by Crippen LogP contribution is -2.36. The Bertz CT molecular complexity index is 957. The highest BCUT2D eigenvalue weighted by molar-refractivity contribution is 5.99. The Balaban J connectivity index is 1.69. The van der Waals surface area contributed by atoms with E-state index in [1.165, 1.54) is 27.9 Å². The van der Waals surface area contributed by atoms with Crippen LogP contribution in [0.25, 0.3) is 5.65 Å². The van der Waals surface area contributed by atoms with E-state index in [1.54, 1.807) is 0 Å². The van der Waals surface area contributed by atoms with Gasteiger partial charge in [0, 0.05) is 44.0 Å². The second-order valence-corrected chi connectivity index (χ2v) is 7.31. The smallest absolute Gasteiger partial charge is 0.272 e. The molecule has 0 radical (unpaired) electrons. The van der Waals surface area contributed by atoms with Crippen molar-refractivity contribution in [1.29, 1.82) is 0 Å². The van der Waals surface area contributed by atoms with Crippen molar-refractivity contribution in [2.75, 3.05) is 13.1 Å². The molecule has 2 aromatic heterocycles.